The summed E-state index contributed by atoms with van der Waals surface area (Å²) in [4.78, 5) is 43.7. The van der Waals surface area contributed by atoms with Crippen molar-refractivity contribution >= 4 is 23.5 Å². The highest BCUT2D eigenvalue weighted by Gasteiger charge is 2.75. The Morgan fingerprint density at radius 3 is 2.51 bits per heavy atom. The maximum absolute atomic E-state index is 14.5. The van der Waals surface area contributed by atoms with E-state index in [1.165, 1.54) is 4.90 Å². The van der Waals surface area contributed by atoms with Crippen LogP contribution in [0, 0.1) is 31.6 Å². The van der Waals surface area contributed by atoms with Crippen LogP contribution in [-0.4, -0.2) is 69.8 Å². The number of aryl methyl sites for hydroxylation is 2. The Morgan fingerprint density at radius 1 is 1.31 bits per heavy atom. The first-order chi connectivity index (χ1) is 16.6. The summed E-state index contributed by atoms with van der Waals surface area (Å²) < 4.78 is 6.32. The maximum atomic E-state index is 14.5. The topological polar surface area (TPSA) is 107 Å². The standard InChI is InChI=1S/C27H36N2O6/c1-6-12-28(22-16(4)8-7-9-17(22)5)25(32)23-27-11-10-19(35-27)20(26(33)34)21(27)24(31)29(23)18(14-30)13-15(2)3/h6-9,15,18-21,23,30H,1,10-14H2,2-5H3,(H,33,34)/t18-,19+,20-,21-,23+,27-/m1/s1. The lowest BCUT2D eigenvalue weighted by molar-refractivity contribution is -0.151. The highest BCUT2D eigenvalue weighted by atomic mass is 16.5. The van der Waals surface area contributed by atoms with Gasteiger partial charge in [-0.15, -0.1) is 6.58 Å². The summed E-state index contributed by atoms with van der Waals surface area (Å²) in [7, 11) is 0. The van der Waals surface area contributed by atoms with Crippen molar-refractivity contribution in [2.24, 2.45) is 17.8 Å². The molecule has 8 heteroatoms. The van der Waals surface area contributed by atoms with E-state index in [0.29, 0.717) is 19.3 Å². The average Bonchev–Trinajstić information content (AvgIpc) is 3.43. The minimum atomic E-state index is -1.22. The predicted octanol–water partition coefficient (Wildman–Crippen LogP) is 2.69. The van der Waals surface area contributed by atoms with Gasteiger partial charge in [0.2, 0.25) is 5.91 Å². The molecule has 190 valence electrons. The number of amides is 2. The number of fused-ring (bicyclic) bond motifs is 1. The summed E-state index contributed by atoms with van der Waals surface area (Å²) in [6.45, 7) is 11.6. The zero-order chi connectivity index (χ0) is 25.7. The molecule has 3 saturated heterocycles. The van der Waals surface area contributed by atoms with Crippen molar-refractivity contribution in [3.63, 3.8) is 0 Å². The molecule has 8 nitrogen and oxygen atoms in total. The third-order valence-corrected chi connectivity index (χ3v) is 7.89. The second-order valence-electron chi connectivity index (χ2n) is 10.6. The van der Waals surface area contributed by atoms with E-state index >= 15 is 0 Å². The third-order valence-electron chi connectivity index (χ3n) is 7.89. The van der Waals surface area contributed by atoms with Crippen molar-refractivity contribution in [3.05, 3.63) is 42.0 Å². The molecule has 35 heavy (non-hydrogen) atoms. The Kier molecular flexibility index (Phi) is 6.81. The van der Waals surface area contributed by atoms with Gasteiger partial charge in [-0.3, -0.25) is 14.4 Å². The molecule has 2 amide bonds. The smallest absolute Gasteiger partial charge is 0.310 e. The molecule has 0 aliphatic carbocycles. The fraction of sp³-hybridized carbons (Fsp3) is 0.593. The van der Waals surface area contributed by atoms with Gasteiger partial charge in [-0.25, -0.2) is 0 Å². The number of nitrogens with zero attached hydrogens (tertiary/aromatic N) is 2. The number of aliphatic carboxylic acids is 1. The van der Waals surface area contributed by atoms with Gasteiger partial charge in [0.25, 0.3) is 5.91 Å². The predicted molar refractivity (Wildman–Crippen MR) is 131 cm³/mol. The maximum Gasteiger partial charge on any atom is 0.310 e. The van der Waals surface area contributed by atoms with E-state index < -0.39 is 47.5 Å². The molecule has 1 aromatic carbocycles. The average molecular weight is 485 g/mol. The van der Waals surface area contributed by atoms with Crippen LogP contribution in [0.5, 0.6) is 0 Å². The van der Waals surface area contributed by atoms with Crippen molar-refractivity contribution in [2.75, 3.05) is 18.1 Å². The monoisotopic (exact) mass is 484 g/mol. The minimum absolute atomic E-state index is 0.157. The van der Waals surface area contributed by atoms with Gasteiger partial charge in [-0.2, -0.15) is 0 Å². The fourth-order valence-corrected chi connectivity index (χ4v) is 6.67. The summed E-state index contributed by atoms with van der Waals surface area (Å²) in [5, 5.41) is 20.3. The number of likely N-dealkylation sites (tertiary alicyclic amines) is 1. The second kappa shape index (κ2) is 9.39. The molecule has 0 saturated carbocycles. The molecule has 2 bridgehead atoms. The Balaban J connectivity index is 1.87. The molecule has 3 aliphatic heterocycles. The lowest BCUT2D eigenvalue weighted by Gasteiger charge is -2.40. The largest absolute Gasteiger partial charge is 0.481 e. The number of carbonyl (C=O) groups excluding carboxylic acids is 2. The molecular weight excluding hydrogens is 448 g/mol. The first-order valence-electron chi connectivity index (χ1n) is 12.4. The molecule has 0 unspecified atom stereocenters. The number of carbonyl (C=O) groups is 3. The van der Waals surface area contributed by atoms with Crippen LogP contribution >= 0.6 is 0 Å². The molecule has 2 N–H and O–H groups in total. The number of aliphatic hydroxyl groups is 1. The van der Waals surface area contributed by atoms with Crippen LogP contribution in [-0.2, 0) is 19.1 Å². The zero-order valence-electron chi connectivity index (χ0n) is 20.9. The van der Waals surface area contributed by atoms with E-state index in [4.69, 9.17) is 4.74 Å². The molecular formula is C27H36N2O6. The van der Waals surface area contributed by atoms with E-state index in [1.807, 2.05) is 45.9 Å². The van der Waals surface area contributed by atoms with Crippen LogP contribution in [0.15, 0.2) is 30.9 Å². The van der Waals surface area contributed by atoms with Gasteiger partial charge in [0.05, 0.1) is 30.6 Å². The second-order valence-corrected chi connectivity index (χ2v) is 10.6. The highest BCUT2D eigenvalue weighted by molar-refractivity contribution is 6.05. The van der Waals surface area contributed by atoms with Gasteiger partial charge in [0, 0.05) is 12.2 Å². The van der Waals surface area contributed by atoms with E-state index in [0.717, 1.165) is 16.8 Å². The van der Waals surface area contributed by atoms with Crippen molar-refractivity contribution < 1.29 is 29.3 Å². The van der Waals surface area contributed by atoms with E-state index in [2.05, 4.69) is 6.58 Å². The fourth-order valence-electron chi connectivity index (χ4n) is 6.67. The molecule has 0 radical (unpaired) electrons. The van der Waals surface area contributed by atoms with Gasteiger partial charge in [-0.05, 0) is 50.2 Å². The molecule has 6 atom stereocenters. The molecule has 3 heterocycles. The Hall–Kier alpha value is -2.71. The summed E-state index contributed by atoms with van der Waals surface area (Å²) >= 11 is 0. The van der Waals surface area contributed by atoms with Crippen LogP contribution in [0.2, 0.25) is 0 Å². The van der Waals surface area contributed by atoms with Crippen LogP contribution < -0.4 is 4.90 Å². The van der Waals surface area contributed by atoms with Crippen molar-refractivity contribution in [1.29, 1.82) is 0 Å². The molecule has 0 aromatic heterocycles. The zero-order valence-corrected chi connectivity index (χ0v) is 20.9. The summed E-state index contributed by atoms with van der Waals surface area (Å²) in [6.07, 6.45) is 2.45. The number of hydrogen-bond acceptors (Lipinski definition) is 5. The van der Waals surface area contributed by atoms with E-state index in [9.17, 15) is 24.6 Å². The van der Waals surface area contributed by atoms with Gasteiger partial charge in [0.15, 0.2) is 0 Å². The van der Waals surface area contributed by atoms with Crippen LogP contribution in [0.4, 0.5) is 5.69 Å². The van der Waals surface area contributed by atoms with Crippen LogP contribution in [0.3, 0.4) is 0 Å². The number of anilines is 1. The van der Waals surface area contributed by atoms with Gasteiger partial charge in [-0.1, -0.05) is 38.1 Å². The number of carboxylic acid groups (broad SMARTS) is 1. The lowest BCUT2D eigenvalue weighted by Crippen LogP contribution is -2.59. The van der Waals surface area contributed by atoms with Gasteiger partial charge >= 0.3 is 5.97 Å². The molecule has 4 rings (SSSR count). The van der Waals surface area contributed by atoms with Crippen molar-refractivity contribution in [2.45, 2.75) is 70.7 Å². The van der Waals surface area contributed by atoms with Crippen LogP contribution in [0.25, 0.3) is 0 Å². The Bertz CT molecular complexity index is 1020. The van der Waals surface area contributed by atoms with Crippen LogP contribution in [0.1, 0.15) is 44.2 Å². The van der Waals surface area contributed by atoms with E-state index in [-0.39, 0.29) is 25.0 Å². The summed E-state index contributed by atoms with van der Waals surface area (Å²) in [5.41, 5.74) is 1.34. The molecule has 3 aliphatic rings. The first kappa shape index (κ1) is 25.4. The van der Waals surface area contributed by atoms with Crippen molar-refractivity contribution in [1.82, 2.24) is 4.90 Å². The van der Waals surface area contributed by atoms with Gasteiger partial charge < -0.3 is 24.7 Å². The minimum Gasteiger partial charge on any atom is -0.481 e. The van der Waals surface area contributed by atoms with Crippen molar-refractivity contribution in [3.8, 4) is 0 Å². The third kappa shape index (κ3) is 3.87. The van der Waals surface area contributed by atoms with E-state index in [1.54, 1.807) is 11.0 Å². The number of benzene rings is 1. The number of hydrogen-bond donors (Lipinski definition) is 2. The SMILES string of the molecule is C=CCN(C(=O)[C@@H]1N([C@@H](CO)CC(C)C)C(=O)[C@H]2[C@H](C(=O)O)[C@@H]3CC[C@]12O3)c1c(C)cccc1C. The number of para-hydroxylation sites is 1. The number of rotatable bonds is 9. The highest BCUT2D eigenvalue weighted by Crippen LogP contribution is 2.59. The Morgan fingerprint density at radius 2 is 1.97 bits per heavy atom. The summed E-state index contributed by atoms with van der Waals surface area (Å²) in [5.74, 6) is -3.60. The molecule has 1 aromatic rings. The quantitative estimate of drug-likeness (QED) is 0.522. The Labute approximate surface area is 206 Å². The number of aliphatic hydroxyl groups excluding tert-OH is 1. The number of carboxylic acids is 1. The number of ether oxygens (including phenoxy) is 1. The lowest BCUT2D eigenvalue weighted by atomic mass is 9.70. The summed E-state index contributed by atoms with van der Waals surface area (Å²) in [6, 6.07) is 4.14. The molecule has 3 fully saturated rings. The normalized spacial score (nSPS) is 30.0. The molecule has 1 spiro atoms. The first-order valence-corrected chi connectivity index (χ1v) is 12.4. The van der Waals surface area contributed by atoms with Gasteiger partial charge in [0.1, 0.15) is 11.6 Å².